The summed E-state index contributed by atoms with van der Waals surface area (Å²) in [6.45, 7) is 8.75. The number of hydrogen-bond donors (Lipinski definition) is 1. The fourth-order valence-corrected chi connectivity index (χ4v) is 3.21. The summed E-state index contributed by atoms with van der Waals surface area (Å²) in [5.41, 5.74) is 5.24. The number of amides is 1. The molecule has 0 unspecified atom stereocenters. The number of ether oxygens (including phenoxy) is 2. The van der Waals surface area contributed by atoms with E-state index < -0.39 is 0 Å². The van der Waals surface area contributed by atoms with Crippen LogP contribution >= 0.6 is 11.6 Å². The van der Waals surface area contributed by atoms with Crippen LogP contribution in [-0.2, 0) is 6.61 Å². The maximum atomic E-state index is 12.8. The van der Waals surface area contributed by atoms with Crippen molar-refractivity contribution in [2.45, 2.75) is 34.3 Å². The average Bonchev–Trinajstić information content (AvgIpc) is 2.73. The zero-order valence-corrected chi connectivity index (χ0v) is 18.5. The first-order valence-electron chi connectivity index (χ1n) is 9.91. The number of hydrogen-bond acceptors (Lipinski definition) is 3. The van der Waals surface area contributed by atoms with Crippen LogP contribution in [0.2, 0.25) is 5.02 Å². The lowest BCUT2D eigenvalue weighted by Gasteiger charge is -2.15. The molecule has 0 bridgehead atoms. The molecule has 0 radical (unpaired) electrons. The van der Waals surface area contributed by atoms with Crippen LogP contribution in [0.5, 0.6) is 11.5 Å². The molecule has 4 nitrogen and oxygen atoms in total. The molecule has 1 amide bonds. The summed E-state index contributed by atoms with van der Waals surface area (Å²) in [7, 11) is 0. The molecule has 0 saturated heterocycles. The number of nitrogens with one attached hydrogen (secondary N) is 1. The minimum atomic E-state index is -0.212. The minimum absolute atomic E-state index is 0.212. The van der Waals surface area contributed by atoms with Crippen LogP contribution in [0.25, 0.3) is 0 Å². The van der Waals surface area contributed by atoms with Gasteiger partial charge in [0.2, 0.25) is 0 Å². The van der Waals surface area contributed by atoms with Gasteiger partial charge in [0, 0.05) is 21.8 Å². The van der Waals surface area contributed by atoms with Crippen LogP contribution in [0.3, 0.4) is 0 Å². The van der Waals surface area contributed by atoms with Gasteiger partial charge in [-0.3, -0.25) is 4.79 Å². The Bertz CT molecular complexity index is 1060. The van der Waals surface area contributed by atoms with Gasteiger partial charge in [0.05, 0.1) is 6.61 Å². The van der Waals surface area contributed by atoms with Gasteiger partial charge in [-0.1, -0.05) is 23.7 Å². The minimum Gasteiger partial charge on any atom is -0.493 e. The molecule has 30 heavy (non-hydrogen) atoms. The summed E-state index contributed by atoms with van der Waals surface area (Å²) in [5, 5.41) is 3.54. The van der Waals surface area contributed by atoms with Crippen LogP contribution in [-0.4, -0.2) is 12.5 Å². The summed E-state index contributed by atoms with van der Waals surface area (Å²) in [6.07, 6.45) is 0. The van der Waals surface area contributed by atoms with Crippen molar-refractivity contribution in [2.24, 2.45) is 0 Å². The molecule has 0 spiro atoms. The lowest BCUT2D eigenvalue weighted by atomic mass is 10.1. The monoisotopic (exact) mass is 423 g/mol. The van der Waals surface area contributed by atoms with E-state index in [0.717, 1.165) is 16.9 Å². The van der Waals surface area contributed by atoms with E-state index in [-0.39, 0.29) is 5.91 Å². The quantitative estimate of drug-likeness (QED) is 0.472. The normalized spacial score (nSPS) is 10.6. The molecule has 0 aromatic heterocycles. The molecule has 0 saturated carbocycles. The van der Waals surface area contributed by atoms with Crippen molar-refractivity contribution in [1.82, 2.24) is 0 Å². The Morgan fingerprint density at radius 1 is 0.967 bits per heavy atom. The van der Waals surface area contributed by atoms with Gasteiger partial charge in [0.15, 0.2) is 0 Å². The van der Waals surface area contributed by atoms with E-state index in [4.69, 9.17) is 21.1 Å². The van der Waals surface area contributed by atoms with Crippen LogP contribution in [0.4, 0.5) is 5.69 Å². The Hall–Kier alpha value is -2.98. The molecule has 3 aromatic rings. The fourth-order valence-electron chi connectivity index (χ4n) is 3.03. The average molecular weight is 424 g/mol. The zero-order chi connectivity index (χ0) is 21.7. The Labute approximate surface area is 182 Å². The maximum Gasteiger partial charge on any atom is 0.255 e. The molecule has 0 aliphatic carbocycles. The van der Waals surface area contributed by atoms with Gasteiger partial charge in [0.1, 0.15) is 18.1 Å². The van der Waals surface area contributed by atoms with Crippen molar-refractivity contribution in [2.75, 3.05) is 11.9 Å². The molecule has 0 atom stereocenters. The third-order valence-electron chi connectivity index (χ3n) is 5.01. The third-order valence-corrected chi connectivity index (χ3v) is 5.42. The number of anilines is 1. The van der Waals surface area contributed by atoms with E-state index in [0.29, 0.717) is 35.2 Å². The number of carbonyl (C=O) groups excluding carboxylic acids is 1. The molecule has 3 rings (SSSR count). The molecule has 156 valence electrons. The Morgan fingerprint density at radius 2 is 1.77 bits per heavy atom. The zero-order valence-electron chi connectivity index (χ0n) is 17.7. The Kier molecular flexibility index (Phi) is 7.01. The highest BCUT2D eigenvalue weighted by molar-refractivity contribution is 6.31. The van der Waals surface area contributed by atoms with Gasteiger partial charge in [-0.25, -0.2) is 0 Å². The second kappa shape index (κ2) is 9.68. The van der Waals surface area contributed by atoms with Gasteiger partial charge >= 0.3 is 0 Å². The highest BCUT2D eigenvalue weighted by Gasteiger charge is 2.13. The van der Waals surface area contributed by atoms with E-state index in [9.17, 15) is 4.79 Å². The van der Waals surface area contributed by atoms with Crippen molar-refractivity contribution in [3.05, 3.63) is 87.4 Å². The molecule has 0 aliphatic heterocycles. The van der Waals surface area contributed by atoms with E-state index in [2.05, 4.69) is 19.2 Å². The van der Waals surface area contributed by atoms with Crippen LogP contribution in [0, 0.1) is 20.8 Å². The van der Waals surface area contributed by atoms with Crippen LogP contribution in [0.15, 0.2) is 54.6 Å². The van der Waals surface area contributed by atoms with E-state index in [1.54, 1.807) is 18.2 Å². The molecule has 0 aliphatic rings. The summed E-state index contributed by atoms with van der Waals surface area (Å²) >= 11 is 6.16. The molecule has 5 heteroatoms. The predicted molar refractivity (Wildman–Crippen MR) is 122 cm³/mol. The first kappa shape index (κ1) is 21.7. The molecular weight excluding hydrogens is 398 g/mol. The van der Waals surface area contributed by atoms with Crippen LogP contribution < -0.4 is 14.8 Å². The summed E-state index contributed by atoms with van der Waals surface area (Å²) in [6, 6.07) is 16.8. The van der Waals surface area contributed by atoms with Crippen LogP contribution in [0.1, 0.15) is 39.5 Å². The Balaban J connectivity index is 1.81. The standard InChI is InChI=1S/C25H26ClNO3/c1-5-29-24-12-10-19(25(28)27-23-8-6-7-22(26)18(23)4)14-20(24)15-30-21-11-9-16(2)17(3)13-21/h6-14H,5,15H2,1-4H3,(H,27,28). The SMILES string of the molecule is CCOc1ccc(C(=O)Nc2cccc(Cl)c2C)cc1COc1ccc(C)c(C)c1. The molecule has 0 fully saturated rings. The number of rotatable bonds is 7. The van der Waals surface area contributed by atoms with E-state index in [1.165, 1.54) is 11.1 Å². The number of benzene rings is 3. The predicted octanol–water partition coefficient (Wildman–Crippen LogP) is 6.50. The number of halogens is 1. The van der Waals surface area contributed by atoms with Crippen molar-refractivity contribution >= 4 is 23.2 Å². The summed E-state index contributed by atoms with van der Waals surface area (Å²) in [4.78, 5) is 12.8. The second-order valence-corrected chi connectivity index (χ2v) is 7.56. The van der Waals surface area contributed by atoms with Gasteiger partial charge in [0.25, 0.3) is 5.91 Å². The second-order valence-electron chi connectivity index (χ2n) is 7.16. The topological polar surface area (TPSA) is 47.6 Å². The smallest absolute Gasteiger partial charge is 0.255 e. The highest BCUT2D eigenvalue weighted by atomic mass is 35.5. The molecular formula is C25H26ClNO3. The first-order chi connectivity index (χ1) is 14.4. The first-order valence-corrected chi connectivity index (χ1v) is 10.3. The molecule has 1 N–H and O–H groups in total. The third kappa shape index (κ3) is 5.14. The van der Waals surface area contributed by atoms with E-state index in [1.807, 2.05) is 50.2 Å². The fraction of sp³-hybridized carbons (Fsp3) is 0.240. The summed E-state index contributed by atoms with van der Waals surface area (Å²) in [5.74, 6) is 1.28. The summed E-state index contributed by atoms with van der Waals surface area (Å²) < 4.78 is 11.7. The molecule has 0 heterocycles. The van der Waals surface area contributed by atoms with Gasteiger partial charge < -0.3 is 14.8 Å². The van der Waals surface area contributed by atoms with Crippen molar-refractivity contribution in [1.29, 1.82) is 0 Å². The molecule has 3 aromatic carbocycles. The lowest BCUT2D eigenvalue weighted by molar-refractivity contribution is 0.102. The Morgan fingerprint density at radius 3 is 2.50 bits per heavy atom. The maximum absolute atomic E-state index is 12.8. The van der Waals surface area contributed by atoms with E-state index >= 15 is 0 Å². The van der Waals surface area contributed by atoms with Crippen molar-refractivity contribution < 1.29 is 14.3 Å². The number of carbonyl (C=O) groups is 1. The van der Waals surface area contributed by atoms with Crippen molar-refractivity contribution in [3.63, 3.8) is 0 Å². The van der Waals surface area contributed by atoms with Gasteiger partial charge in [-0.2, -0.15) is 0 Å². The van der Waals surface area contributed by atoms with Gasteiger partial charge in [-0.05, 0) is 86.8 Å². The largest absolute Gasteiger partial charge is 0.493 e. The lowest BCUT2D eigenvalue weighted by Crippen LogP contribution is -2.14. The number of aryl methyl sites for hydroxylation is 2. The van der Waals surface area contributed by atoms with Gasteiger partial charge in [-0.15, -0.1) is 0 Å². The van der Waals surface area contributed by atoms with Crippen molar-refractivity contribution in [3.8, 4) is 11.5 Å². The highest BCUT2D eigenvalue weighted by Crippen LogP contribution is 2.26.